The highest BCUT2D eigenvalue weighted by Gasteiger charge is 2.22. The maximum atomic E-state index is 12.9. The zero-order valence-corrected chi connectivity index (χ0v) is 14.5. The third-order valence-corrected chi connectivity index (χ3v) is 4.93. The van der Waals surface area contributed by atoms with Crippen LogP contribution in [0.2, 0.25) is 0 Å². The normalized spacial score (nSPS) is 13.0. The lowest BCUT2D eigenvalue weighted by Crippen LogP contribution is -2.18. The van der Waals surface area contributed by atoms with Gasteiger partial charge in [-0.15, -0.1) is 0 Å². The summed E-state index contributed by atoms with van der Waals surface area (Å²) >= 11 is 0. The summed E-state index contributed by atoms with van der Waals surface area (Å²) in [7, 11) is 0. The van der Waals surface area contributed by atoms with E-state index >= 15 is 0 Å². The number of fused-ring (bicyclic) bond motifs is 2. The summed E-state index contributed by atoms with van der Waals surface area (Å²) < 4.78 is 0. The summed E-state index contributed by atoms with van der Waals surface area (Å²) in [6, 6.07) is 18.0. The summed E-state index contributed by atoms with van der Waals surface area (Å²) in [6.07, 6.45) is 4.23. The van der Waals surface area contributed by atoms with E-state index in [1.54, 1.807) is 18.5 Å². The molecule has 132 valence electrons. The lowest BCUT2D eigenvalue weighted by molar-refractivity contribution is 0.102. The molecule has 0 aliphatic carbocycles. The van der Waals surface area contributed by atoms with Crippen LogP contribution in [0.1, 0.15) is 15.9 Å². The summed E-state index contributed by atoms with van der Waals surface area (Å²) in [5, 5.41) is 10.6. The van der Waals surface area contributed by atoms with Crippen LogP contribution in [0.4, 0.5) is 17.1 Å². The molecule has 6 heteroatoms. The Bertz CT molecular complexity index is 1150. The van der Waals surface area contributed by atoms with Crippen molar-refractivity contribution in [2.24, 2.45) is 0 Å². The highest BCUT2D eigenvalue weighted by atomic mass is 16.1. The van der Waals surface area contributed by atoms with Gasteiger partial charge >= 0.3 is 0 Å². The molecule has 2 aromatic heterocycles. The lowest BCUT2D eigenvalue weighted by Gasteiger charge is -2.23. The first kappa shape index (κ1) is 15.6. The van der Waals surface area contributed by atoms with Gasteiger partial charge < -0.3 is 10.2 Å². The second kappa shape index (κ2) is 6.25. The highest BCUT2D eigenvalue weighted by molar-refractivity contribution is 6.12. The molecular weight excluding hydrogens is 338 g/mol. The number of nitrogens with zero attached hydrogens (tertiary/aromatic N) is 3. The Morgan fingerprint density at radius 1 is 1.04 bits per heavy atom. The zero-order chi connectivity index (χ0) is 18.2. The van der Waals surface area contributed by atoms with Crippen molar-refractivity contribution < 1.29 is 4.79 Å². The molecular formula is C21H17N5O. The van der Waals surface area contributed by atoms with Gasteiger partial charge in [-0.3, -0.25) is 9.89 Å². The summed E-state index contributed by atoms with van der Waals surface area (Å²) in [4.78, 5) is 19.4. The summed E-state index contributed by atoms with van der Waals surface area (Å²) in [5.41, 5.74) is 5.45. The molecule has 27 heavy (non-hydrogen) atoms. The van der Waals surface area contributed by atoms with Crippen molar-refractivity contribution in [1.82, 2.24) is 15.2 Å². The molecule has 0 fully saturated rings. The first-order valence-corrected chi connectivity index (χ1v) is 8.85. The molecule has 3 heterocycles. The summed E-state index contributed by atoms with van der Waals surface area (Å²) in [6.45, 7) is 0.896. The number of hydrogen-bond donors (Lipinski definition) is 2. The van der Waals surface area contributed by atoms with Crippen molar-refractivity contribution in [3.63, 3.8) is 0 Å². The fraction of sp³-hybridized carbons (Fsp3) is 0.0952. The maximum Gasteiger partial charge on any atom is 0.256 e. The van der Waals surface area contributed by atoms with E-state index in [4.69, 9.17) is 0 Å². The number of aromatic amines is 1. The van der Waals surface area contributed by atoms with Gasteiger partial charge in [-0.25, -0.2) is 4.98 Å². The van der Waals surface area contributed by atoms with Crippen LogP contribution in [0.15, 0.2) is 67.0 Å². The van der Waals surface area contributed by atoms with Crippen LogP contribution in [0.5, 0.6) is 0 Å². The van der Waals surface area contributed by atoms with Crippen molar-refractivity contribution >= 4 is 34.0 Å². The number of carbonyl (C=O) groups excluding carboxylic acids is 1. The number of H-pyrrole nitrogens is 1. The van der Waals surface area contributed by atoms with E-state index in [1.807, 2.05) is 30.3 Å². The van der Waals surface area contributed by atoms with Gasteiger partial charge in [0, 0.05) is 18.4 Å². The fourth-order valence-corrected chi connectivity index (χ4v) is 3.64. The lowest BCUT2D eigenvalue weighted by atomic mass is 10.1. The minimum atomic E-state index is -0.177. The quantitative estimate of drug-likeness (QED) is 0.584. The van der Waals surface area contributed by atoms with E-state index in [-0.39, 0.29) is 5.91 Å². The smallest absolute Gasteiger partial charge is 0.256 e. The Morgan fingerprint density at radius 2 is 1.85 bits per heavy atom. The Morgan fingerprint density at radius 3 is 2.78 bits per heavy atom. The second-order valence-corrected chi connectivity index (χ2v) is 6.49. The first-order valence-electron chi connectivity index (χ1n) is 8.85. The van der Waals surface area contributed by atoms with E-state index in [9.17, 15) is 4.79 Å². The molecule has 2 aromatic carbocycles. The largest absolute Gasteiger partial charge is 0.339 e. The number of rotatable bonds is 3. The van der Waals surface area contributed by atoms with Gasteiger partial charge in [0.15, 0.2) is 5.65 Å². The van der Waals surface area contributed by atoms with Gasteiger partial charge in [-0.1, -0.05) is 30.3 Å². The van der Waals surface area contributed by atoms with Gasteiger partial charge in [0.05, 0.1) is 28.5 Å². The van der Waals surface area contributed by atoms with E-state index in [0.29, 0.717) is 16.6 Å². The van der Waals surface area contributed by atoms with Crippen LogP contribution in [-0.2, 0) is 6.42 Å². The van der Waals surface area contributed by atoms with E-state index in [2.05, 4.69) is 43.6 Å². The molecule has 2 N–H and O–H groups in total. The average Bonchev–Trinajstić information content (AvgIpc) is 3.35. The van der Waals surface area contributed by atoms with Crippen molar-refractivity contribution in [3.8, 4) is 0 Å². The highest BCUT2D eigenvalue weighted by Crippen LogP contribution is 2.38. The predicted octanol–water partition coefficient (Wildman–Crippen LogP) is 3.90. The minimum Gasteiger partial charge on any atom is -0.339 e. The standard InChI is InChI=1S/C21H17N5O/c27-21(15-9-11-22-20-16(15)13-23-25-20)24-17-6-2-4-8-19(17)26-12-10-14-5-1-3-7-18(14)26/h1-9,11,13H,10,12H2,(H,24,27)(H,22,23,25). The molecule has 0 atom stereocenters. The van der Waals surface area contributed by atoms with Crippen molar-refractivity contribution in [3.05, 3.63) is 78.1 Å². The predicted molar refractivity (Wildman–Crippen MR) is 105 cm³/mol. The topological polar surface area (TPSA) is 73.9 Å². The van der Waals surface area contributed by atoms with E-state index in [0.717, 1.165) is 24.3 Å². The van der Waals surface area contributed by atoms with Crippen molar-refractivity contribution in [1.29, 1.82) is 0 Å². The van der Waals surface area contributed by atoms with Gasteiger partial charge in [-0.05, 0) is 36.2 Å². The molecule has 1 aliphatic rings. The minimum absolute atomic E-state index is 0.177. The number of anilines is 3. The van der Waals surface area contributed by atoms with E-state index in [1.165, 1.54) is 11.3 Å². The average molecular weight is 355 g/mol. The van der Waals surface area contributed by atoms with Gasteiger partial charge in [0.25, 0.3) is 5.91 Å². The van der Waals surface area contributed by atoms with Crippen LogP contribution < -0.4 is 10.2 Å². The molecule has 0 saturated heterocycles. The fourth-order valence-electron chi connectivity index (χ4n) is 3.64. The van der Waals surface area contributed by atoms with Crippen LogP contribution in [0.3, 0.4) is 0 Å². The van der Waals surface area contributed by atoms with Crippen molar-refractivity contribution in [2.45, 2.75) is 6.42 Å². The number of aromatic nitrogens is 3. The van der Waals surface area contributed by atoms with Crippen LogP contribution >= 0.6 is 0 Å². The molecule has 0 radical (unpaired) electrons. The number of amides is 1. The molecule has 5 rings (SSSR count). The van der Waals surface area contributed by atoms with Crippen LogP contribution in [0, 0.1) is 0 Å². The monoisotopic (exact) mass is 355 g/mol. The van der Waals surface area contributed by atoms with Crippen molar-refractivity contribution in [2.75, 3.05) is 16.8 Å². The Labute approximate surface area is 155 Å². The molecule has 0 saturated carbocycles. The molecule has 6 nitrogen and oxygen atoms in total. The molecule has 1 amide bonds. The SMILES string of the molecule is O=C(Nc1ccccc1N1CCc2ccccc21)c1ccnc2[nH]ncc12. The number of hydrogen-bond acceptors (Lipinski definition) is 4. The maximum absolute atomic E-state index is 12.9. The van der Waals surface area contributed by atoms with Crippen LogP contribution in [-0.4, -0.2) is 27.6 Å². The first-order chi connectivity index (χ1) is 13.3. The number of nitrogens with one attached hydrogen (secondary N) is 2. The molecule has 0 spiro atoms. The second-order valence-electron chi connectivity index (χ2n) is 6.49. The molecule has 0 unspecified atom stereocenters. The number of para-hydroxylation sites is 3. The van der Waals surface area contributed by atoms with E-state index < -0.39 is 0 Å². The number of pyridine rings is 1. The summed E-state index contributed by atoms with van der Waals surface area (Å²) in [5.74, 6) is -0.177. The Kier molecular flexibility index (Phi) is 3.60. The Balaban J connectivity index is 1.51. The molecule has 4 aromatic rings. The third-order valence-electron chi connectivity index (χ3n) is 4.93. The van der Waals surface area contributed by atoms with Gasteiger partial charge in [0.2, 0.25) is 0 Å². The van der Waals surface area contributed by atoms with Crippen LogP contribution in [0.25, 0.3) is 11.0 Å². The van der Waals surface area contributed by atoms with Gasteiger partial charge in [-0.2, -0.15) is 5.10 Å². The number of carbonyl (C=O) groups is 1. The van der Waals surface area contributed by atoms with Gasteiger partial charge in [0.1, 0.15) is 0 Å². The molecule has 1 aliphatic heterocycles. The zero-order valence-electron chi connectivity index (χ0n) is 14.5. The number of benzene rings is 2. The third kappa shape index (κ3) is 2.62. The Hall–Kier alpha value is -3.67. The molecule has 0 bridgehead atoms.